The Labute approximate surface area is 89.4 Å². The summed E-state index contributed by atoms with van der Waals surface area (Å²) in [5.41, 5.74) is 6.33. The van der Waals surface area contributed by atoms with Gasteiger partial charge in [0.1, 0.15) is 5.75 Å². The maximum atomic E-state index is 5.61. The summed E-state index contributed by atoms with van der Waals surface area (Å²) >= 11 is 0. The topological polar surface area (TPSA) is 57.4 Å². The SMILES string of the molecule is NCc1ccc(OCC2CCOC2)cn1. The van der Waals surface area contributed by atoms with Gasteiger partial charge in [-0.15, -0.1) is 0 Å². The van der Waals surface area contributed by atoms with E-state index in [1.54, 1.807) is 6.20 Å². The summed E-state index contributed by atoms with van der Waals surface area (Å²) < 4.78 is 10.9. The molecule has 15 heavy (non-hydrogen) atoms. The fraction of sp³-hybridized carbons (Fsp3) is 0.545. The summed E-state index contributed by atoms with van der Waals surface area (Å²) in [5, 5.41) is 0. The van der Waals surface area contributed by atoms with Crippen LogP contribution >= 0.6 is 0 Å². The third kappa shape index (κ3) is 2.91. The molecule has 2 N–H and O–H groups in total. The van der Waals surface area contributed by atoms with Crippen molar-refractivity contribution < 1.29 is 9.47 Å². The number of aromatic nitrogens is 1. The van der Waals surface area contributed by atoms with Gasteiger partial charge in [0.05, 0.1) is 25.1 Å². The van der Waals surface area contributed by atoms with Crippen LogP contribution in [0.4, 0.5) is 0 Å². The molecule has 2 rings (SSSR count). The largest absolute Gasteiger partial charge is 0.492 e. The molecule has 4 nitrogen and oxygen atoms in total. The van der Waals surface area contributed by atoms with E-state index in [2.05, 4.69) is 4.98 Å². The van der Waals surface area contributed by atoms with E-state index in [0.717, 1.165) is 31.1 Å². The van der Waals surface area contributed by atoms with E-state index >= 15 is 0 Å². The van der Waals surface area contributed by atoms with Crippen LogP contribution in [0, 0.1) is 5.92 Å². The normalized spacial score (nSPS) is 20.5. The molecule has 1 aliphatic heterocycles. The minimum Gasteiger partial charge on any atom is -0.492 e. The highest BCUT2D eigenvalue weighted by atomic mass is 16.5. The third-order valence-corrected chi connectivity index (χ3v) is 2.52. The van der Waals surface area contributed by atoms with Crippen molar-refractivity contribution in [3.8, 4) is 5.75 Å². The molecule has 0 aliphatic carbocycles. The van der Waals surface area contributed by atoms with Gasteiger partial charge in [-0.2, -0.15) is 0 Å². The van der Waals surface area contributed by atoms with Crippen LogP contribution in [0.2, 0.25) is 0 Å². The van der Waals surface area contributed by atoms with Crippen LogP contribution in [0.15, 0.2) is 18.3 Å². The van der Waals surface area contributed by atoms with Crippen molar-refractivity contribution >= 4 is 0 Å². The molecule has 1 fully saturated rings. The lowest BCUT2D eigenvalue weighted by atomic mass is 10.1. The Morgan fingerprint density at radius 1 is 1.53 bits per heavy atom. The molecule has 0 radical (unpaired) electrons. The first-order valence-electron chi connectivity index (χ1n) is 5.24. The quantitative estimate of drug-likeness (QED) is 0.800. The maximum Gasteiger partial charge on any atom is 0.137 e. The number of pyridine rings is 1. The molecule has 82 valence electrons. The first-order valence-corrected chi connectivity index (χ1v) is 5.24. The number of ether oxygens (including phenoxy) is 2. The van der Waals surface area contributed by atoms with E-state index in [0.29, 0.717) is 19.1 Å². The van der Waals surface area contributed by atoms with Gasteiger partial charge in [0.15, 0.2) is 0 Å². The van der Waals surface area contributed by atoms with Crippen molar-refractivity contribution in [2.45, 2.75) is 13.0 Å². The summed E-state index contributed by atoms with van der Waals surface area (Å²) in [7, 11) is 0. The second-order valence-corrected chi connectivity index (χ2v) is 3.73. The van der Waals surface area contributed by atoms with E-state index in [1.165, 1.54) is 0 Å². The van der Waals surface area contributed by atoms with Crippen molar-refractivity contribution in [1.82, 2.24) is 4.98 Å². The van der Waals surface area contributed by atoms with Gasteiger partial charge in [0.25, 0.3) is 0 Å². The Bertz CT molecular complexity index is 294. The summed E-state index contributed by atoms with van der Waals surface area (Å²) in [5.74, 6) is 1.33. The zero-order chi connectivity index (χ0) is 10.5. The van der Waals surface area contributed by atoms with Crippen LogP contribution in [-0.2, 0) is 11.3 Å². The monoisotopic (exact) mass is 208 g/mol. The summed E-state index contributed by atoms with van der Waals surface area (Å²) in [6, 6.07) is 3.80. The number of hydrogen-bond donors (Lipinski definition) is 1. The van der Waals surface area contributed by atoms with Gasteiger partial charge in [0.2, 0.25) is 0 Å². The smallest absolute Gasteiger partial charge is 0.137 e. The van der Waals surface area contributed by atoms with Gasteiger partial charge in [-0.1, -0.05) is 0 Å². The van der Waals surface area contributed by atoms with Crippen LogP contribution < -0.4 is 10.5 Å². The standard InChI is InChI=1S/C11H16N2O2/c12-5-10-1-2-11(6-13-10)15-8-9-3-4-14-7-9/h1-2,6,9H,3-5,7-8,12H2. The minimum absolute atomic E-state index is 0.469. The molecule has 2 heterocycles. The highest BCUT2D eigenvalue weighted by molar-refractivity contribution is 5.19. The van der Waals surface area contributed by atoms with E-state index in [9.17, 15) is 0 Å². The zero-order valence-electron chi connectivity index (χ0n) is 8.69. The maximum absolute atomic E-state index is 5.61. The predicted octanol–water partition coefficient (Wildman–Crippen LogP) is 0.956. The van der Waals surface area contributed by atoms with E-state index < -0.39 is 0 Å². The molecular weight excluding hydrogens is 192 g/mol. The molecule has 0 saturated carbocycles. The molecule has 1 atom stereocenters. The molecular formula is C11H16N2O2. The Morgan fingerprint density at radius 3 is 3.07 bits per heavy atom. The number of rotatable bonds is 4. The van der Waals surface area contributed by atoms with E-state index in [1.807, 2.05) is 12.1 Å². The molecule has 1 unspecified atom stereocenters. The van der Waals surface area contributed by atoms with Gasteiger partial charge in [-0.05, 0) is 18.6 Å². The molecule has 0 amide bonds. The second-order valence-electron chi connectivity index (χ2n) is 3.73. The van der Waals surface area contributed by atoms with Crippen molar-refractivity contribution in [3.05, 3.63) is 24.0 Å². The lowest BCUT2D eigenvalue weighted by Crippen LogP contribution is -2.11. The van der Waals surface area contributed by atoms with Crippen LogP contribution in [0.1, 0.15) is 12.1 Å². The summed E-state index contributed by atoms with van der Waals surface area (Å²) in [4.78, 5) is 4.16. The molecule has 1 aromatic heterocycles. The summed E-state index contributed by atoms with van der Waals surface area (Å²) in [6.07, 6.45) is 2.81. The molecule has 1 aromatic rings. The Kier molecular flexibility index (Phi) is 3.53. The van der Waals surface area contributed by atoms with Crippen molar-refractivity contribution in [1.29, 1.82) is 0 Å². The van der Waals surface area contributed by atoms with E-state index in [4.69, 9.17) is 15.2 Å². The first-order chi connectivity index (χ1) is 7.38. The highest BCUT2D eigenvalue weighted by Gasteiger charge is 2.15. The molecule has 1 saturated heterocycles. The van der Waals surface area contributed by atoms with E-state index in [-0.39, 0.29) is 0 Å². The average Bonchev–Trinajstić information content (AvgIpc) is 2.80. The van der Waals surface area contributed by atoms with Crippen LogP contribution in [-0.4, -0.2) is 24.8 Å². The highest BCUT2D eigenvalue weighted by Crippen LogP contribution is 2.15. The summed E-state index contributed by atoms with van der Waals surface area (Å²) in [6.45, 7) is 2.85. The van der Waals surface area contributed by atoms with Gasteiger partial charge >= 0.3 is 0 Å². The van der Waals surface area contributed by atoms with Gasteiger partial charge in [0, 0.05) is 19.1 Å². The van der Waals surface area contributed by atoms with Crippen LogP contribution in [0.3, 0.4) is 0 Å². The number of nitrogens with zero attached hydrogens (tertiary/aromatic N) is 1. The van der Waals surface area contributed by atoms with Crippen molar-refractivity contribution in [2.75, 3.05) is 19.8 Å². The Hall–Kier alpha value is -1.13. The molecule has 4 heteroatoms. The van der Waals surface area contributed by atoms with Crippen LogP contribution in [0.5, 0.6) is 5.75 Å². The van der Waals surface area contributed by atoms with Gasteiger partial charge in [-0.25, -0.2) is 0 Å². The molecule has 0 bridgehead atoms. The molecule has 0 aromatic carbocycles. The molecule has 1 aliphatic rings. The third-order valence-electron chi connectivity index (χ3n) is 2.52. The number of hydrogen-bond acceptors (Lipinski definition) is 4. The lowest BCUT2D eigenvalue weighted by molar-refractivity contribution is 0.167. The fourth-order valence-corrected chi connectivity index (χ4v) is 1.55. The first kappa shape index (κ1) is 10.4. The second kappa shape index (κ2) is 5.09. The van der Waals surface area contributed by atoms with Crippen molar-refractivity contribution in [2.24, 2.45) is 11.7 Å². The Morgan fingerprint density at radius 2 is 2.47 bits per heavy atom. The molecule has 0 spiro atoms. The van der Waals surface area contributed by atoms with Gasteiger partial charge in [-0.3, -0.25) is 4.98 Å². The number of nitrogens with two attached hydrogens (primary N) is 1. The lowest BCUT2D eigenvalue weighted by Gasteiger charge is -2.09. The average molecular weight is 208 g/mol. The zero-order valence-corrected chi connectivity index (χ0v) is 8.69. The van der Waals surface area contributed by atoms with Crippen LogP contribution in [0.25, 0.3) is 0 Å². The predicted molar refractivity (Wildman–Crippen MR) is 56.5 cm³/mol. The van der Waals surface area contributed by atoms with Gasteiger partial charge < -0.3 is 15.2 Å². The van der Waals surface area contributed by atoms with Crippen molar-refractivity contribution in [3.63, 3.8) is 0 Å². The Balaban J connectivity index is 1.82. The minimum atomic E-state index is 0.469. The fourth-order valence-electron chi connectivity index (χ4n) is 1.55.